The Bertz CT molecular complexity index is 706. The van der Waals surface area contributed by atoms with Gasteiger partial charge in [0.1, 0.15) is 17.0 Å². The summed E-state index contributed by atoms with van der Waals surface area (Å²) in [4.78, 5) is 24.8. The molecule has 0 aliphatic rings. The van der Waals surface area contributed by atoms with E-state index >= 15 is 0 Å². The predicted octanol–water partition coefficient (Wildman–Crippen LogP) is 2.83. The van der Waals surface area contributed by atoms with E-state index in [4.69, 9.17) is 11.5 Å². The van der Waals surface area contributed by atoms with E-state index in [9.17, 15) is 18.4 Å². The fourth-order valence-electron chi connectivity index (χ4n) is 3.38. The topological polar surface area (TPSA) is 86.2 Å². The van der Waals surface area contributed by atoms with Gasteiger partial charge in [0.15, 0.2) is 0 Å². The van der Waals surface area contributed by atoms with Crippen LogP contribution in [0.25, 0.3) is 0 Å². The predicted molar refractivity (Wildman–Crippen MR) is 90.5 cm³/mol. The normalized spacial score (nSPS) is 13.9. The van der Waals surface area contributed by atoms with Gasteiger partial charge in [-0.1, -0.05) is 38.1 Å². The van der Waals surface area contributed by atoms with Crippen LogP contribution in [0.1, 0.15) is 36.8 Å². The molecule has 6 heteroatoms. The zero-order valence-corrected chi connectivity index (χ0v) is 14.0. The molecular weight excluding hydrogens is 326 g/mol. The monoisotopic (exact) mass is 346 g/mol. The summed E-state index contributed by atoms with van der Waals surface area (Å²) in [6, 6.07) is 10.9. The molecule has 2 aromatic rings. The van der Waals surface area contributed by atoms with Crippen molar-refractivity contribution in [3.8, 4) is 0 Å². The first-order chi connectivity index (χ1) is 11.7. The minimum atomic E-state index is -1.75. The van der Waals surface area contributed by atoms with Gasteiger partial charge in [0.2, 0.25) is 11.8 Å². The van der Waals surface area contributed by atoms with Crippen LogP contribution in [0.2, 0.25) is 0 Å². The van der Waals surface area contributed by atoms with Crippen LogP contribution in [0, 0.1) is 17.0 Å². The largest absolute Gasteiger partial charge is 0.369 e. The van der Waals surface area contributed by atoms with Gasteiger partial charge in [-0.15, -0.1) is 0 Å². The molecule has 0 heterocycles. The Morgan fingerprint density at radius 2 is 1.04 bits per heavy atom. The quantitative estimate of drug-likeness (QED) is 0.788. The molecule has 132 valence electrons. The number of hydrogen-bond acceptors (Lipinski definition) is 2. The molecule has 4 nitrogen and oxygen atoms in total. The highest BCUT2D eigenvalue weighted by Crippen LogP contribution is 2.46. The number of amides is 2. The van der Waals surface area contributed by atoms with Crippen molar-refractivity contribution in [3.05, 3.63) is 71.3 Å². The van der Waals surface area contributed by atoms with E-state index in [-0.39, 0.29) is 0 Å². The smallest absolute Gasteiger partial charge is 0.234 e. The maximum absolute atomic E-state index is 13.2. The molecule has 0 spiro atoms. The molecule has 0 aliphatic carbocycles. The Balaban J connectivity index is 2.60. The van der Waals surface area contributed by atoms with E-state index in [1.54, 1.807) is 13.8 Å². The summed E-state index contributed by atoms with van der Waals surface area (Å²) in [5.41, 5.74) is 10.6. The molecule has 0 aromatic heterocycles. The molecule has 2 rings (SSSR count). The van der Waals surface area contributed by atoms with Crippen LogP contribution in [0.3, 0.4) is 0 Å². The lowest BCUT2D eigenvalue weighted by Crippen LogP contribution is -2.54. The number of carbonyl (C=O) groups is 2. The highest BCUT2D eigenvalue weighted by atomic mass is 19.1. The third-order valence-electron chi connectivity index (χ3n) is 4.92. The van der Waals surface area contributed by atoms with Gasteiger partial charge < -0.3 is 11.5 Å². The van der Waals surface area contributed by atoms with Crippen LogP contribution >= 0.6 is 0 Å². The lowest BCUT2D eigenvalue weighted by atomic mass is 9.62. The van der Waals surface area contributed by atoms with Gasteiger partial charge in [0.05, 0.1) is 0 Å². The lowest BCUT2D eigenvalue weighted by molar-refractivity contribution is -0.142. The van der Waals surface area contributed by atoms with Gasteiger partial charge in [0.25, 0.3) is 0 Å². The lowest BCUT2D eigenvalue weighted by Gasteiger charge is -2.39. The van der Waals surface area contributed by atoms with Crippen molar-refractivity contribution < 1.29 is 18.4 Å². The van der Waals surface area contributed by atoms with Crippen LogP contribution in [0.15, 0.2) is 48.5 Å². The van der Waals surface area contributed by atoms with Gasteiger partial charge in [-0.25, -0.2) is 8.78 Å². The standard InChI is InChI=1S/C19H20F2N2O2/c1-11(13-3-7-15(20)8-4-13)19(17(22)24,18(23)25)12(2)14-5-9-16(21)10-6-14/h3-12H,1-2H3,(H2,22,24)(H2,23,25). The third kappa shape index (κ3) is 3.24. The Labute approximate surface area is 144 Å². The fraction of sp³-hybridized carbons (Fsp3) is 0.263. The SMILES string of the molecule is CC(c1ccc(F)cc1)C(C(N)=O)(C(N)=O)C(C)c1ccc(F)cc1. The Hall–Kier alpha value is -2.76. The molecule has 2 atom stereocenters. The van der Waals surface area contributed by atoms with E-state index in [1.807, 2.05) is 0 Å². The number of rotatable bonds is 6. The van der Waals surface area contributed by atoms with Crippen molar-refractivity contribution in [1.82, 2.24) is 0 Å². The summed E-state index contributed by atoms with van der Waals surface area (Å²) in [6.07, 6.45) is 0. The summed E-state index contributed by atoms with van der Waals surface area (Å²) in [7, 11) is 0. The van der Waals surface area contributed by atoms with Crippen molar-refractivity contribution in [3.63, 3.8) is 0 Å². The summed E-state index contributed by atoms with van der Waals surface area (Å²) >= 11 is 0. The summed E-state index contributed by atoms with van der Waals surface area (Å²) in [5.74, 6) is -4.05. The zero-order valence-electron chi connectivity index (χ0n) is 14.0. The van der Waals surface area contributed by atoms with Crippen molar-refractivity contribution in [2.75, 3.05) is 0 Å². The molecule has 2 unspecified atom stereocenters. The zero-order chi connectivity index (χ0) is 18.8. The molecule has 0 fully saturated rings. The number of benzene rings is 2. The second-order valence-electron chi connectivity index (χ2n) is 6.14. The first-order valence-electron chi connectivity index (χ1n) is 7.82. The number of primary amides is 2. The minimum absolute atomic E-state index is 0.439. The molecule has 0 aliphatic heterocycles. The third-order valence-corrected chi connectivity index (χ3v) is 4.92. The van der Waals surface area contributed by atoms with Gasteiger partial charge >= 0.3 is 0 Å². The summed E-state index contributed by atoms with van der Waals surface area (Å²) in [6.45, 7) is 3.28. The Morgan fingerprint density at radius 3 is 1.28 bits per heavy atom. The molecule has 2 aromatic carbocycles. The average Bonchev–Trinajstić information content (AvgIpc) is 2.55. The van der Waals surface area contributed by atoms with Crippen LogP contribution in [0.4, 0.5) is 8.78 Å². The Kier molecular flexibility index (Phi) is 5.21. The molecular formula is C19H20F2N2O2. The summed E-state index contributed by atoms with van der Waals surface area (Å²) < 4.78 is 26.4. The fourth-order valence-corrected chi connectivity index (χ4v) is 3.38. The first kappa shape index (κ1) is 18.6. The van der Waals surface area contributed by atoms with Crippen LogP contribution in [-0.2, 0) is 9.59 Å². The van der Waals surface area contributed by atoms with Crippen LogP contribution < -0.4 is 11.5 Å². The average molecular weight is 346 g/mol. The number of nitrogens with two attached hydrogens (primary N) is 2. The highest BCUT2D eigenvalue weighted by molar-refractivity contribution is 6.05. The second-order valence-corrected chi connectivity index (χ2v) is 6.14. The molecule has 25 heavy (non-hydrogen) atoms. The molecule has 0 saturated carbocycles. The van der Waals surface area contributed by atoms with Gasteiger partial charge in [-0.3, -0.25) is 9.59 Å². The van der Waals surface area contributed by atoms with E-state index in [0.717, 1.165) is 0 Å². The molecule has 0 bridgehead atoms. The van der Waals surface area contributed by atoms with Gasteiger partial charge in [-0.05, 0) is 35.4 Å². The first-order valence-corrected chi connectivity index (χ1v) is 7.82. The Morgan fingerprint density at radius 1 is 0.760 bits per heavy atom. The van der Waals surface area contributed by atoms with E-state index in [2.05, 4.69) is 0 Å². The van der Waals surface area contributed by atoms with Gasteiger partial charge in [-0.2, -0.15) is 0 Å². The summed E-state index contributed by atoms with van der Waals surface area (Å²) in [5, 5.41) is 0. The van der Waals surface area contributed by atoms with Crippen LogP contribution in [0.5, 0.6) is 0 Å². The molecule has 2 amide bonds. The van der Waals surface area contributed by atoms with Crippen LogP contribution in [-0.4, -0.2) is 11.8 Å². The molecule has 4 N–H and O–H groups in total. The molecule has 0 radical (unpaired) electrons. The van der Waals surface area contributed by atoms with E-state index in [0.29, 0.717) is 11.1 Å². The van der Waals surface area contributed by atoms with Crippen molar-refractivity contribution in [1.29, 1.82) is 0 Å². The second kappa shape index (κ2) is 7.01. The molecule has 0 saturated heterocycles. The van der Waals surface area contributed by atoms with E-state index < -0.39 is 40.7 Å². The maximum atomic E-state index is 13.2. The highest BCUT2D eigenvalue weighted by Gasteiger charge is 2.53. The van der Waals surface area contributed by atoms with Crippen molar-refractivity contribution in [2.24, 2.45) is 16.9 Å². The van der Waals surface area contributed by atoms with Gasteiger partial charge in [0, 0.05) is 11.8 Å². The number of halogens is 2. The minimum Gasteiger partial charge on any atom is -0.369 e. The van der Waals surface area contributed by atoms with Crippen molar-refractivity contribution >= 4 is 11.8 Å². The maximum Gasteiger partial charge on any atom is 0.234 e. The van der Waals surface area contributed by atoms with Crippen molar-refractivity contribution in [2.45, 2.75) is 25.7 Å². The number of carbonyl (C=O) groups excluding carboxylic acids is 2. The number of hydrogen-bond donors (Lipinski definition) is 2. The van der Waals surface area contributed by atoms with E-state index in [1.165, 1.54) is 48.5 Å².